The van der Waals surface area contributed by atoms with Crippen molar-refractivity contribution in [1.29, 1.82) is 0 Å². The third kappa shape index (κ3) is 5.65. The van der Waals surface area contributed by atoms with E-state index in [0.717, 1.165) is 18.2 Å². The average Bonchev–Trinajstić information content (AvgIpc) is 3.23. The van der Waals surface area contributed by atoms with Crippen LogP contribution in [0.5, 0.6) is 28.7 Å². The Balaban J connectivity index is 1.52. The molecule has 41 heavy (non-hydrogen) atoms. The number of carbonyl (C=O) groups is 1. The van der Waals surface area contributed by atoms with E-state index in [2.05, 4.69) is 0 Å². The second-order valence-corrected chi connectivity index (χ2v) is 9.13. The molecule has 0 bridgehead atoms. The van der Waals surface area contributed by atoms with Crippen molar-refractivity contribution in [3.8, 4) is 40.1 Å². The number of aromatic hydroxyl groups is 4. The van der Waals surface area contributed by atoms with Gasteiger partial charge in [0, 0.05) is 23.8 Å². The number of rotatable bonds is 7. The van der Waals surface area contributed by atoms with Crippen molar-refractivity contribution < 1.29 is 54.1 Å². The van der Waals surface area contributed by atoms with E-state index in [-0.39, 0.29) is 39.5 Å². The topological polar surface area (TPSA) is 196 Å². The molecule has 0 spiro atoms. The molecule has 2 heterocycles. The van der Waals surface area contributed by atoms with Crippen molar-refractivity contribution in [2.45, 2.75) is 24.6 Å². The minimum absolute atomic E-state index is 0.0425. The Labute approximate surface area is 231 Å². The van der Waals surface area contributed by atoms with E-state index in [0.29, 0.717) is 5.56 Å². The lowest BCUT2D eigenvalue weighted by molar-refractivity contribution is -0.162. The molecule has 6 N–H and O–H groups in total. The number of carbonyl (C=O) groups excluding carboxylic acids is 1. The number of hydrogen-bond acceptors (Lipinski definition) is 12. The maximum absolute atomic E-state index is 13.6. The fraction of sp³-hybridized carbons (Fsp3) is 0.172. The highest BCUT2D eigenvalue weighted by Crippen LogP contribution is 2.38. The average molecular weight is 564 g/mol. The molecule has 4 atom stereocenters. The standard InChI is InChI=1S/C29H24O12/c30-13-21-24(36)28(40-22(35)10-3-14-1-6-16(31)7-2-14)29(39-21)41-27-25(37)23-19(34)11-18(33)12-20(23)38-26(27)15-4-8-17(32)9-5-15/h1-12,21,24,28-34,36H,13H2/b10-3+/t21-,24-,28+,29-/m0/s1. The number of hydrogen-bond donors (Lipinski definition) is 6. The molecule has 212 valence electrons. The van der Waals surface area contributed by atoms with E-state index in [1.54, 1.807) is 12.1 Å². The van der Waals surface area contributed by atoms with Gasteiger partial charge in [-0.05, 0) is 48.0 Å². The molecule has 1 saturated heterocycles. The largest absolute Gasteiger partial charge is 0.508 e. The summed E-state index contributed by atoms with van der Waals surface area (Å²) in [6.45, 7) is -0.671. The van der Waals surface area contributed by atoms with Gasteiger partial charge in [-0.15, -0.1) is 0 Å². The SMILES string of the molecule is O=C(/C=C/c1ccc(O)cc1)O[C@H]1[C@H](Oc2c(-c3ccc(O)cc3)oc3cc(O)cc(O)c3c2=O)O[C@@H](CO)[C@@H]1O. The highest BCUT2D eigenvalue weighted by molar-refractivity contribution is 5.88. The second kappa shape index (κ2) is 11.2. The Morgan fingerprint density at radius 2 is 1.59 bits per heavy atom. The Bertz CT molecular complexity index is 1660. The van der Waals surface area contributed by atoms with Gasteiger partial charge in [-0.25, -0.2) is 4.79 Å². The Kier molecular flexibility index (Phi) is 7.53. The van der Waals surface area contributed by atoms with Crippen LogP contribution in [0.1, 0.15) is 5.56 Å². The minimum atomic E-state index is -1.61. The maximum Gasteiger partial charge on any atom is 0.331 e. The van der Waals surface area contributed by atoms with E-state index < -0.39 is 54.1 Å². The third-order valence-electron chi connectivity index (χ3n) is 6.31. The first-order chi connectivity index (χ1) is 19.6. The molecule has 4 aromatic rings. The summed E-state index contributed by atoms with van der Waals surface area (Å²) in [6, 6.07) is 13.5. The van der Waals surface area contributed by atoms with Crippen LogP contribution in [-0.2, 0) is 14.3 Å². The lowest BCUT2D eigenvalue weighted by Gasteiger charge is -2.22. The highest BCUT2D eigenvalue weighted by atomic mass is 16.7. The van der Waals surface area contributed by atoms with Crippen LogP contribution >= 0.6 is 0 Å². The van der Waals surface area contributed by atoms with Crippen molar-refractivity contribution in [2.75, 3.05) is 6.61 Å². The highest BCUT2D eigenvalue weighted by Gasteiger charge is 2.48. The molecule has 1 aliphatic rings. The normalized spacial score (nSPS) is 20.4. The fourth-order valence-corrected chi connectivity index (χ4v) is 4.29. The fourth-order valence-electron chi connectivity index (χ4n) is 4.29. The summed E-state index contributed by atoms with van der Waals surface area (Å²) in [6.07, 6.45) is -3.44. The van der Waals surface area contributed by atoms with E-state index >= 15 is 0 Å². The number of ether oxygens (including phenoxy) is 3. The molecule has 12 heteroatoms. The molecule has 0 unspecified atom stereocenters. The summed E-state index contributed by atoms with van der Waals surface area (Å²) >= 11 is 0. The van der Waals surface area contributed by atoms with Crippen molar-refractivity contribution in [1.82, 2.24) is 0 Å². The molecular weight excluding hydrogens is 540 g/mol. The maximum atomic E-state index is 13.6. The zero-order valence-corrected chi connectivity index (χ0v) is 21.1. The lowest BCUT2D eigenvalue weighted by Crippen LogP contribution is -2.40. The third-order valence-corrected chi connectivity index (χ3v) is 6.31. The van der Waals surface area contributed by atoms with Crippen molar-refractivity contribution >= 4 is 23.0 Å². The number of fused-ring (bicyclic) bond motifs is 1. The van der Waals surface area contributed by atoms with Crippen molar-refractivity contribution in [3.05, 3.63) is 82.5 Å². The number of esters is 1. The Morgan fingerprint density at radius 1 is 0.927 bits per heavy atom. The Morgan fingerprint density at radius 3 is 2.24 bits per heavy atom. The molecule has 0 amide bonds. The van der Waals surface area contributed by atoms with Crippen LogP contribution < -0.4 is 10.2 Å². The molecule has 1 aliphatic heterocycles. The summed E-state index contributed by atoms with van der Waals surface area (Å²) < 4.78 is 22.6. The summed E-state index contributed by atoms with van der Waals surface area (Å²) in [4.78, 5) is 26.2. The van der Waals surface area contributed by atoms with Crippen LogP contribution in [0.25, 0.3) is 28.4 Å². The van der Waals surface area contributed by atoms with Crippen LogP contribution in [0, 0.1) is 0 Å². The van der Waals surface area contributed by atoms with Gasteiger partial charge in [0.15, 0.2) is 11.9 Å². The van der Waals surface area contributed by atoms with Crippen LogP contribution in [0.15, 0.2) is 76.0 Å². The smallest absolute Gasteiger partial charge is 0.331 e. The van der Waals surface area contributed by atoms with E-state index in [9.17, 15) is 40.2 Å². The molecule has 5 rings (SSSR count). The molecule has 1 aromatic heterocycles. The van der Waals surface area contributed by atoms with Gasteiger partial charge in [0.1, 0.15) is 46.2 Å². The zero-order chi connectivity index (χ0) is 29.3. The predicted octanol–water partition coefficient (Wildman–Crippen LogP) is 2.36. The number of benzene rings is 3. The predicted molar refractivity (Wildman–Crippen MR) is 142 cm³/mol. The lowest BCUT2D eigenvalue weighted by atomic mass is 10.1. The van der Waals surface area contributed by atoms with Crippen LogP contribution in [0.4, 0.5) is 0 Å². The molecule has 0 aliphatic carbocycles. The van der Waals surface area contributed by atoms with Gasteiger partial charge in [0.05, 0.1) is 6.61 Å². The van der Waals surface area contributed by atoms with Gasteiger partial charge < -0.3 is 49.3 Å². The van der Waals surface area contributed by atoms with Crippen LogP contribution in [0.3, 0.4) is 0 Å². The summed E-state index contributed by atoms with van der Waals surface area (Å²) in [7, 11) is 0. The van der Waals surface area contributed by atoms with Crippen LogP contribution in [-0.4, -0.2) is 67.8 Å². The molecule has 0 saturated carbocycles. The first-order valence-corrected chi connectivity index (χ1v) is 12.3. The van der Waals surface area contributed by atoms with Gasteiger partial charge in [-0.3, -0.25) is 4.79 Å². The quantitative estimate of drug-likeness (QED) is 0.142. The van der Waals surface area contributed by atoms with E-state index in [1.807, 2.05) is 0 Å². The number of phenols is 4. The summed E-state index contributed by atoms with van der Waals surface area (Å²) in [5.74, 6) is -2.59. The minimum Gasteiger partial charge on any atom is -0.508 e. The van der Waals surface area contributed by atoms with Crippen molar-refractivity contribution in [2.24, 2.45) is 0 Å². The monoisotopic (exact) mass is 564 g/mol. The van der Waals surface area contributed by atoms with E-state index in [4.69, 9.17) is 18.6 Å². The second-order valence-electron chi connectivity index (χ2n) is 9.13. The number of aliphatic hydroxyl groups is 2. The molecule has 0 radical (unpaired) electrons. The molecular formula is C29H24O12. The Hall–Kier alpha value is -5.04. The molecule has 1 fully saturated rings. The van der Waals surface area contributed by atoms with Crippen LogP contribution in [0.2, 0.25) is 0 Å². The first kappa shape index (κ1) is 27.5. The molecule has 3 aromatic carbocycles. The van der Waals surface area contributed by atoms with Gasteiger partial charge in [-0.2, -0.15) is 0 Å². The van der Waals surface area contributed by atoms with Gasteiger partial charge in [0.2, 0.25) is 17.5 Å². The van der Waals surface area contributed by atoms with E-state index in [1.165, 1.54) is 42.5 Å². The first-order valence-electron chi connectivity index (χ1n) is 12.3. The summed E-state index contributed by atoms with van der Waals surface area (Å²) in [5, 5.41) is 59.5. The number of aliphatic hydroxyl groups excluding tert-OH is 2. The summed E-state index contributed by atoms with van der Waals surface area (Å²) in [5.41, 5.74) is -0.232. The zero-order valence-electron chi connectivity index (χ0n) is 21.1. The van der Waals surface area contributed by atoms with Gasteiger partial charge in [-0.1, -0.05) is 12.1 Å². The number of phenolic OH excluding ortho intramolecular Hbond substituents is 4. The molecule has 12 nitrogen and oxygen atoms in total. The van der Waals surface area contributed by atoms with Gasteiger partial charge >= 0.3 is 5.97 Å². The van der Waals surface area contributed by atoms with Crippen molar-refractivity contribution in [3.63, 3.8) is 0 Å². The van der Waals surface area contributed by atoms with Gasteiger partial charge in [0.25, 0.3) is 0 Å².